The molecule has 5 nitrogen and oxygen atoms in total. The zero-order valence-electron chi connectivity index (χ0n) is 11.6. The first-order valence-corrected chi connectivity index (χ1v) is 7.19. The Morgan fingerprint density at radius 1 is 1.17 bits per heavy atom. The summed E-state index contributed by atoms with van der Waals surface area (Å²) >= 11 is 0.534. The molecule has 1 amide bonds. The molecule has 0 aliphatic heterocycles. The normalized spacial score (nSPS) is 11.4. The standard InChI is InChI=1S/C13H8F5N3O2S/c14-6-1-7(15)3-8(2-6)19-11(23)5-24-12-20-9(13(16,17)18)4-10(22)21-12/h1-4H,5H2,(H,19,23)(H,20,21,22). The molecule has 0 saturated carbocycles. The second-order valence-corrected chi connectivity index (χ2v) is 5.39. The smallest absolute Gasteiger partial charge is 0.325 e. The number of hydrogen-bond acceptors (Lipinski definition) is 4. The number of thioether (sulfide) groups is 1. The van der Waals surface area contributed by atoms with Crippen LogP contribution in [-0.4, -0.2) is 21.6 Å². The van der Waals surface area contributed by atoms with Crippen LogP contribution >= 0.6 is 11.8 Å². The second-order valence-electron chi connectivity index (χ2n) is 4.43. The fraction of sp³-hybridized carbons (Fsp3) is 0.154. The Kier molecular flexibility index (Phi) is 5.22. The minimum atomic E-state index is -4.80. The average Bonchev–Trinajstić information content (AvgIpc) is 2.42. The third kappa shape index (κ3) is 5.05. The van der Waals surface area contributed by atoms with Crippen molar-refractivity contribution in [2.24, 2.45) is 0 Å². The molecule has 0 saturated heterocycles. The number of anilines is 1. The van der Waals surface area contributed by atoms with Crippen LogP contribution < -0.4 is 10.9 Å². The van der Waals surface area contributed by atoms with E-state index in [1.807, 2.05) is 0 Å². The summed E-state index contributed by atoms with van der Waals surface area (Å²) in [5, 5.41) is 1.76. The predicted octanol–water partition coefficient (Wildman–Crippen LogP) is 2.80. The number of amides is 1. The van der Waals surface area contributed by atoms with Gasteiger partial charge in [0.15, 0.2) is 10.9 Å². The van der Waals surface area contributed by atoms with Crippen molar-refractivity contribution in [3.05, 3.63) is 51.9 Å². The molecule has 2 N–H and O–H groups in total. The van der Waals surface area contributed by atoms with Crippen LogP contribution in [0.4, 0.5) is 27.6 Å². The lowest BCUT2D eigenvalue weighted by atomic mass is 10.3. The summed E-state index contributed by atoms with van der Waals surface area (Å²) < 4.78 is 63.6. The van der Waals surface area contributed by atoms with Gasteiger partial charge in [-0.25, -0.2) is 13.8 Å². The SMILES string of the molecule is O=C(CSc1nc(C(F)(F)F)cc(=O)[nH]1)Nc1cc(F)cc(F)c1. The lowest BCUT2D eigenvalue weighted by Gasteiger charge is -2.07. The van der Waals surface area contributed by atoms with Gasteiger partial charge in [0.05, 0.1) is 5.75 Å². The Hall–Kier alpha value is -2.43. The summed E-state index contributed by atoms with van der Waals surface area (Å²) in [6, 6.07) is 2.65. The highest BCUT2D eigenvalue weighted by atomic mass is 32.2. The number of carbonyl (C=O) groups excluding carboxylic acids is 1. The van der Waals surface area contributed by atoms with Gasteiger partial charge in [0.1, 0.15) is 11.6 Å². The van der Waals surface area contributed by atoms with Crippen molar-refractivity contribution in [1.82, 2.24) is 9.97 Å². The lowest BCUT2D eigenvalue weighted by Crippen LogP contribution is -2.18. The highest BCUT2D eigenvalue weighted by Gasteiger charge is 2.33. The molecule has 1 heterocycles. The molecule has 0 aliphatic rings. The molecule has 24 heavy (non-hydrogen) atoms. The Balaban J connectivity index is 2.04. The summed E-state index contributed by atoms with van der Waals surface area (Å²) in [5.74, 6) is -2.98. The van der Waals surface area contributed by atoms with E-state index in [0.29, 0.717) is 23.9 Å². The number of alkyl halides is 3. The minimum absolute atomic E-state index is 0.149. The van der Waals surface area contributed by atoms with Gasteiger partial charge < -0.3 is 10.3 Å². The molecule has 0 bridgehead atoms. The molecular formula is C13H8F5N3O2S. The van der Waals surface area contributed by atoms with Crippen LogP contribution in [0.5, 0.6) is 0 Å². The Bertz CT molecular complexity index is 802. The zero-order valence-corrected chi connectivity index (χ0v) is 12.4. The zero-order chi connectivity index (χ0) is 17.9. The molecule has 1 aromatic carbocycles. The molecule has 0 atom stereocenters. The topological polar surface area (TPSA) is 74.8 Å². The van der Waals surface area contributed by atoms with Crippen molar-refractivity contribution in [2.75, 3.05) is 11.1 Å². The van der Waals surface area contributed by atoms with Crippen molar-refractivity contribution in [2.45, 2.75) is 11.3 Å². The van der Waals surface area contributed by atoms with Gasteiger partial charge in [-0.1, -0.05) is 11.8 Å². The maximum atomic E-state index is 13.0. The quantitative estimate of drug-likeness (QED) is 0.496. The first-order chi connectivity index (χ1) is 11.1. The van der Waals surface area contributed by atoms with E-state index >= 15 is 0 Å². The fourth-order valence-corrected chi connectivity index (χ4v) is 2.28. The Morgan fingerprint density at radius 2 is 1.79 bits per heavy atom. The third-order valence-electron chi connectivity index (χ3n) is 2.50. The number of nitrogens with zero attached hydrogens (tertiary/aromatic N) is 1. The van der Waals surface area contributed by atoms with E-state index in [1.165, 1.54) is 0 Å². The molecule has 0 radical (unpaired) electrons. The largest absolute Gasteiger partial charge is 0.433 e. The molecule has 128 valence electrons. The monoisotopic (exact) mass is 365 g/mol. The van der Waals surface area contributed by atoms with Crippen LogP contribution in [-0.2, 0) is 11.0 Å². The number of benzene rings is 1. The number of halogens is 5. The van der Waals surface area contributed by atoms with E-state index < -0.39 is 45.9 Å². The predicted molar refractivity (Wildman–Crippen MR) is 75.6 cm³/mol. The van der Waals surface area contributed by atoms with Gasteiger partial charge in [-0.2, -0.15) is 13.2 Å². The highest BCUT2D eigenvalue weighted by Crippen LogP contribution is 2.27. The number of aromatic nitrogens is 2. The average molecular weight is 365 g/mol. The first-order valence-electron chi connectivity index (χ1n) is 6.21. The fourth-order valence-electron chi connectivity index (χ4n) is 1.61. The summed E-state index contributed by atoms with van der Waals surface area (Å²) in [6.07, 6.45) is -4.80. The summed E-state index contributed by atoms with van der Waals surface area (Å²) in [6.45, 7) is 0. The van der Waals surface area contributed by atoms with Gasteiger partial charge in [0.25, 0.3) is 5.56 Å². The van der Waals surface area contributed by atoms with Crippen molar-refractivity contribution in [3.8, 4) is 0 Å². The van der Waals surface area contributed by atoms with E-state index in [2.05, 4.69) is 15.3 Å². The van der Waals surface area contributed by atoms with Gasteiger partial charge in [-0.15, -0.1) is 0 Å². The van der Waals surface area contributed by atoms with Crippen molar-refractivity contribution >= 4 is 23.4 Å². The third-order valence-corrected chi connectivity index (χ3v) is 3.37. The van der Waals surface area contributed by atoms with Crippen LogP contribution in [0.15, 0.2) is 34.2 Å². The maximum Gasteiger partial charge on any atom is 0.433 e. The van der Waals surface area contributed by atoms with Gasteiger partial charge in [0.2, 0.25) is 5.91 Å². The van der Waals surface area contributed by atoms with E-state index in [0.717, 1.165) is 12.1 Å². The van der Waals surface area contributed by atoms with Crippen LogP contribution in [0.25, 0.3) is 0 Å². The molecule has 11 heteroatoms. The molecule has 2 rings (SSSR count). The number of rotatable bonds is 4. The van der Waals surface area contributed by atoms with Crippen LogP contribution in [0, 0.1) is 11.6 Å². The minimum Gasteiger partial charge on any atom is -0.325 e. The summed E-state index contributed by atoms with van der Waals surface area (Å²) in [5.41, 5.74) is -2.56. The van der Waals surface area contributed by atoms with Crippen LogP contribution in [0.2, 0.25) is 0 Å². The van der Waals surface area contributed by atoms with Gasteiger partial charge >= 0.3 is 6.18 Å². The van der Waals surface area contributed by atoms with Gasteiger partial charge in [0, 0.05) is 17.8 Å². The Morgan fingerprint density at radius 3 is 2.38 bits per heavy atom. The van der Waals surface area contributed by atoms with Crippen LogP contribution in [0.3, 0.4) is 0 Å². The molecule has 1 aromatic heterocycles. The van der Waals surface area contributed by atoms with Crippen molar-refractivity contribution < 1.29 is 26.7 Å². The van der Waals surface area contributed by atoms with Crippen molar-refractivity contribution in [1.29, 1.82) is 0 Å². The van der Waals surface area contributed by atoms with Crippen LogP contribution in [0.1, 0.15) is 5.69 Å². The Labute approximate surface area is 135 Å². The van der Waals surface area contributed by atoms with E-state index in [1.54, 1.807) is 0 Å². The number of hydrogen-bond donors (Lipinski definition) is 2. The molecule has 0 unspecified atom stereocenters. The molecule has 2 aromatic rings. The van der Waals surface area contributed by atoms with Gasteiger partial charge in [-0.05, 0) is 12.1 Å². The van der Waals surface area contributed by atoms with E-state index in [4.69, 9.17) is 0 Å². The number of carbonyl (C=O) groups is 1. The number of H-pyrrole nitrogens is 1. The molecular weight excluding hydrogens is 357 g/mol. The summed E-state index contributed by atoms with van der Waals surface area (Å²) in [7, 11) is 0. The maximum absolute atomic E-state index is 13.0. The second kappa shape index (κ2) is 6.99. The first kappa shape index (κ1) is 17.9. The van der Waals surface area contributed by atoms with E-state index in [9.17, 15) is 31.5 Å². The molecule has 0 fully saturated rings. The number of nitrogens with one attached hydrogen (secondary N) is 2. The van der Waals surface area contributed by atoms with E-state index in [-0.39, 0.29) is 5.69 Å². The van der Waals surface area contributed by atoms with Gasteiger partial charge in [-0.3, -0.25) is 9.59 Å². The number of aromatic amines is 1. The summed E-state index contributed by atoms with van der Waals surface area (Å²) in [4.78, 5) is 28.1. The molecule has 0 aliphatic carbocycles. The molecule has 0 spiro atoms. The lowest BCUT2D eigenvalue weighted by molar-refractivity contribution is -0.141. The highest BCUT2D eigenvalue weighted by molar-refractivity contribution is 7.99. The van der Waals surface area contributed by atoms with Crippen molar-refractivity contribution in [3.63, 3.8) is 0 Å².